The third-order valence-electron chi connectivity index (χ3n) is 2.29. The van der Waals surface area contributed by atoms with E-state index in [2.05, 4.69) is 4.98 Å². The first-order valence-electron chi connectivity index (χ1n) is 5.50. The minimum Gasteiger partial charge on any atom is -0.393 e. The minimum atomic E-state index is -4.43. The summed E-state index contributed by atoms with van der Waals surface area (Å²) in [4.78, 5) is 3.51. The fourth-order valence-corrected chi connectivity index (χ4v) is 1.62. The van der Waals surface area contributed by atoms with Gasteiger partial charge < -0.3 is 5.11 Å². The summed E-state index contributed by atoms with van der Waals surface area (Å²) in [7, 11) is 0. The SMILES string of the molecule is CC(C)CC(O)Cc1cccc(C(F)(F)F)n1. The zero-order valence-electron chi connectivity index (χ0n) is 9.83. The fourth-order valence-electron chi connectivity index (χ4n) is 1.62. The Bertz CT molecular complexity index is 363. The van der Waals surface area contributed by atoms with Crippen LogP contribution >= 0.6 is 0 Å². The van der Waals surface area contributed by atoms with Crippen LogP contribution in [0.1, 0.15) is 31.7 Å². The van der Waals surface area contributed by atoms with Crippen LogP contribution in [-0.4, -0.2) is 16.2 Å². The van der Waals surface area contributed by atoms with Crippen molar-refractivity contribution < 1.29 is 18.3 Å². The zero-order chi connectivity index (χ0) is 13.1. The molecule has 1 aromatic heterocycles. The van der Waals surface area contributed by atoms with Crippen molar-refractivity contribution in [2.45, 2.75) is 39.0 Å². The molecule has 0 radical (unpaired) electrons. The van der Waals surface area contributed by atoms with E-state index in [1.54, 1.807) is 0 Å². The molecule has 96 valence electrons. The molecule has 1 rings (SSSR count). The van der Waals surface area contributed by atoms with E-state index in [-0.39, 0.29) is 12.1 Å². The lowest BCUT2D eigenvalue weighted by molar-refractivity contribution is -0.141. The van der Waals surface area contributed by atoms with Crippen LogP contribution in [0.2, 0.25) is 0 Å². The first kappa shape index (κ1) is 14.0. The van der Waals surface area contributed by atoms with Gasteiger partial charge in [0.1, 0.15) is 5.69 Å². The van der Waals surface area contributed by atoms with Crippen LogP contribution in [0.25, 0.3) is 0 Å². The smallest absolute Gasteiger partial charge is 0.393 e. The molecule has 1 heterocycles. The highest BCUT2D eigenvalue weighted by atomic mass is 19.4. The zero-order valence-corrected chi connectivity index (χ0v) is 9.83. The summed E-state index contributed by atoms with van der Waals surface area (Å²) in [5.74, 6) is 0.302. The van der Waals surface area contributed by atoms with E-state index in [1.165, 1.54) is 12.1 Å². The molecule has 0 amide bonds. The number of alkyl halides is 3. The maximum Gasteiger partial charge on any atom is 0.433 e. The predicted octanol–water partition coefficient (Wildman–Crippen LogP) is 3.05. The molecular weight excluding hydrogens is 231 g/mol. The Balaban J connectivity index is 2.72. The summed E-state index contributed by atoms with van der Waals surface area (Å²) in [5, 5.41) is 9.65. The van der Waals surface area contributed by atoms with Gasteiger partial charge in [-0.3, -0.25) is 0 Å². The summed E-state index contributed by atoms with van der Waals surface area (Å²) in [5.41, 5.74) is -0.639. The van der Waals surface area contributed by atoms with Gasteiger partial charge in [0, 0.05) is 12.1 Å². The predicted molar refractivity (Wildman–Crippen MR) is 58.4 cm³/mol. The molecule has 0 aliphatic rings. The van der Waals surface area contributed by atoms with E-state index in [1.807, 2.05) is 13.8 Å². The van der Waals surface area contributed by atoms with Crippen molar-refractivity contribution in [3.05, 3.63) is 29.6 Å². The average molecular weight is 247 g/mol. The Kier molecular flexibility index (Phi) is 4.51. The molecule has 5 heteroatoms. The maximum atomic E-state index is 12.4. The van der Waals surface area contributed by atoms with E-state index in [0.717, 1.165) is 6.07 Å². The van der Waals surface area contributed by atoms with Crippen LogP contribution in [0.3, 0.4) is 0 Å². The van der Waals surface area contributed by atoms with Crippen molar-refractivity contribution in [2.24, 2.45) is 5.92 Å². The van der Waals surface area contributed by atoms with E-state index in [4.69, 9.17) is 0 Å². The van der Waals surface area contributed by atoms with Crippen LogP contribution in [-0.2, 0) is 12.6 Å². The molecule has 0 bridgehead atoms. The van der Waals surface area contributed by atoms with Gasteiger partial charge in [0.2, 0.25) is 0 Å². The monoisotopic (exact) mass is 247 g/mol. The normalized spacial score (nSPS) is 14.1. The molecular formula is C12H16F3NO. The molecule has 0 saturated carbocycles. The van der Waals surface area contributed by atoms with Gasteiger partial charge in [0.15, 0.2) is 0 Å². The third kappa shape index (κ3) is 4.73. The Morgan fingerprint density at radius 1 is 1.29 bits per heavy atom. The second kappa shape index (κ2) is 5.49. The van der Waals surface area contributed by atoms with Gasteiger partial charge in [-0.15, -0.1) is 0 Å². The van der Waals surface area contributed by atoms with Crippen LogP contribution in [0.15, 0.2) is 18.2 Å². The summed E-state index contributed by atoms with van der Waals surface area (Å²) in [6.45, 7) is 3.89. The lowest BCUT2D eigenvalue weighted by atomic mass is 10.0. The Morgan fingerprint density at radius 3 is 2.47 bits per heavy atom. The molecule has 0 spiro atoms. The van der Waals surface area contributed by atoms with E-state index < -0.39 is 18.0 Å². The Hall–Kier alpha value is -1.10. The van der Waals surface area contributed by atoms with Gasteiger partial charge in [0.05, 0.1) is 6.10 Å². The van der Waals surface area contributed by atoms with Crippen molar-refractivity contribution >= 4 is 0 Å². The summed E-state index contributed by atoms with van der Waals surface area (Å²) < 4.78 is 37.2. The highest BCUT2D eigenvalue weighted by Gasteiger charge is 2.32. The van der Waals surface area contributed by atoms with Crippen molar-refractivity contribution in [3.63, 3.8) is 0 Å². The summed E-state index contributed by atoms with van der Waals surface area (Å²) in [6.07, 6.45) is -4.37. The molecule has 0 aromatic carbocycles. The van der Waals surface area contributed by atoms with E-state index in [9.17, 15) is 18.3 Å². The van der Waals surface area contributed by atoms with Crippen LogP contribution < -0.4 is 0 Å². The lowest BCUT2D eigenvalue weighted by Crippen LogP contribution is -2.16. The van der Waals surface area contributed by atoms with Gasteiger partial charge in [-0.1, -0.05) is 19.9 Å². The molecule has 0 fully saturated rings. The molecule has 1 aromatic rings. The highest BCUT2D eigenvalue weighted by molar-refractivity contribution is 5.14. The number of aliphatic hydroxyl groups is 1. The number of rotatable bonds is 4. The van der Waals surface area contributed by atoms with Crippen LogP contribution in [0.4, 0.5) is 13.2 Å². The molecule has 1 unspecified atom stereocenters. The minimum absolute atomic E-state index is 0.155. The number of hydrogen-bond acceptors (Lipinski definition) is 2. The van der Waals surface area contributed by atoms with Gasteiger partial charge in [-0.2, -0.15) is 13.2 Å². The number of aromatic nitrogens is 1. The molecule has 17 heavy (non-hydrogen) atoms. The highest BCUT2D eigenvalue weighted by Crippen LogP contribution is 2.27. The second-order valence-corrected chi connectivity index (χ2v) is 4.50. The number of pyridine rings is 1. The van der Waals surface area contributed by atoms with Crippen molar-refractivity contribution in [1.82, 2.24) is 4.98 Å². The van der Waals surface area contributed by atoms with Gasteiger partial charge in [0.25, 0.3) is 0 Å². The Labute approximate surface area is 98.5 Å². The molecule has 0 aliphatic heterocycles. The molecule has 2 nitrogen and oxygen atoms in total. The molecule has 0 saturated heterocycles. The first-order valence-corrected chi connectivity index (χ1v) is 5.50. The topological polar surface area (TPSA) is 33.1 Å². The molecule has 0 aliphatic carbocycles. The number of aliphatic hydroxyl groups excluding tert-OH is 1. The first-order chi connectivity index (χ1) is 7.79. The van der Waals surface area contributed by atoms with Crippen molar-refractivity contribution in [2.75, 3.05) is 0 Å². The lowest BCUT2D eigenvalue weighted by Gasteiger charge is -2.13. The summed E-state index contributed by atoms with van der Waals surface area (Å²) in [6, 6.07) is 3.74. The quantitative estimate of drug-likeness (QED) is 0.887. The maximum absolute atomic E-state index is 12.4. The molecule has 1 atom stereocenters. The van der Waals surface area contributed by atoms with E-state index >= 15 is 0 Å². The molecule has 1 N–H and O–H groups in total. The van der Waals surface area contributed by atoms with Crippen LogP contribution in [0.5, 0.6) is 0 Å². The fraction of sp³-hybridized carbons (Fsp3) is 0.583. The average Bonchev–Trinajstić information content (AvgIpc) is 2.15. The van der Waals surface area contributed by atoms with E-state index in [0.29, 0.717) is 12.3 Å². The van der Waals surface area contributed by atoms with Gasteiger partial charge in [-0.25, -0.2) is 4.98 Å². The second-order valence-electron chi connectivity index (χ2n) is 4.50. The third-order valence-corrected chi connectivity index (χ3v) is 2.29. The number of halogens is 3. The van der Waals surface area contributed by atoms with Crippen LogP contribution in [0, 0.1) is 5.92 Å². The largest absolute Gasteiger partial charge is 0.433 e. The number of nitrogens with zero attached hydrogens (tertiary/aromatic N) is 1. The van der Waals surface area contributed by atoms with Gasteiger partial charge in [-0.05, 0) is 24.5 Å². The number of hydrogen-bond donors (Lipinski definition) is 1. The van der Waals surface area contributed by atoms with Crippen molar-refractivity contribution in [3.8, 4) is 0 Å². The Morgan fingerprint density at radius 2 is 1.94 bits per heavy atom. The van der Waals surface area contributed by atoms with Crippen molar-refractivity contribution in [1.29, 1.82) is 0 Å². The summed E-state index contributed by atoms with van der Waals surface area (Å²) >= 11 is 0. The van der Waals surface area contributed by atoms with Gasteiger partial charge >= 0.3 is 6.18 Å². The standard InChI is InChI=1S/C12H16F3NO/c1-8(2)6-10(17)7-9-4-3-5-11(16-9)12(13,14)15/h3-5,8,10,17H,6-7H2,1-2H3.